The number of benzene rings is 2. The van der Waals surface area contributed by atoms with E-state index in [9.17, 15) is 4.79 Å². The number of aromatic nitrogens is 2. The third-order valence-corrected chi connectivity index (χ3v) is 5.47. The van der Waals surface area contributed by atoms with E-state index in [1.807, 2.05) is 49.1 Å². The van der Waals surface area contributed by atoms with Gasteiger partial charge < -0.3 is 9.32 Å². The van der Waals surface area contributed by atoms with Crippen LogP contribution in [0, 0.1) is 13.8 Å². The number of carbonyl (C=O) groups is 1. The summed E-state index contributed by atoms with van der Waals surface area (Å²) in [7, 11) is 0. The minimum atomic E-state index is 0.0589. The highest BCUT2D eigenvalue weighted by molar-refractivity contribution is 7.99. The monoisotopic (exact) mass is 379 g/mol. The van der Waals surface area contributed by atoms with Gasteiger partial charge in [-0.1, -0.05) is 47.2 Å². The van der Waals surface area contributed by atoms with Gasteiger partial charge in [0.1, 0.15) is 0 Å². The molecule has 0 spiro atoms. The van der Waals surface area contributed by atoms with Crippen molar-refractivity contribution in [1.29, 1.82) is 0 Å². The molecule has 1 amide bonds. The molecule has 0 aliphatic carbocycles. The summed E-state index contributed by atoms with van der Waals surface area (Å²) in [5.41, 5.74) is 5.43. The Morgan fingerprint density at radius 3 is 2.70 bits per heavy atom. The van der Waals surface area contributed by atoms with Crippen LogP contribution in [-0.4, -0.2) is 27.9 Å². The van der Waals surface area contributed by atoms with Gasteiger partial charge in [-0.3, -0.25) is 4.79 Å². The summed E-state index contributed by atoms with van der Waals surface area (Å²) in [4.78, 5) is 14.7. The number of para-hydroxylation sites is 1. The SMILES string of the molecule is Cc1cc(C)cc(-c2nnc(SCC(=O)N3c4ccccc4C[C@H]3C)o2)c1. The number of nitrogens with zero attached hydrogens (tertiary/aromatic N) is 3. The maximum Gasteiger partial charge on any atom is 0.277 e. The second-order valence-corrected chi connectivity index (χ2v) is 7.91. The van der Waals surface area contributed by atoms with Gasteiger partial charge in [0.15, 0.2) is 0 Å². The first kappa shape index (κ1) is 17.8. The molecule has 3 aromatic rings. The van der Waals surface area contributed by atoms with Crippen molar-refractivity contribution >= 4 is 23.4 Å². The van der Waals surface area contributed by atoms with Crippen molar-refractivity contribution in [2.24, 2.45) is 0 Å². The maximum absolute atomic E-state index is 12.8. The fraction of sp³-hybridized carbons (Fsp3) is 0.286. The number of amides is 1. The van der Waals surface area contributed by atoms with Crippen LogP contribution in [0.15, 0.2) is 52.1 Å². The molecule has 4 rings (SSSR count). The van der Waals surface area contributed by atoms with Crippen molar-refractivity contribution in [1.82, 2.24) is 10.2 Å². The summed E-state index contributed by atoms with van der Waals surface area (Å²) in [5.74, 6) is 0.813. The zero-order valence-corrected chi connectivity index (χ0v) is 16.4. The second kappa shape index (κ2) is 7.19. The number of fused-ring (bicyclic) bond motifs is 1. The average molecular weight is 379 g/mol. The topological polar surface area (TPSA) is 59.2 Å². The van der Waals surface area contributed by atoms with Gasteiger partial charge in [-0.05, 0) is 51.0 Å². The Labute approximate surface area is 162 Å². The van der Waals surface area contributed by atoms with Crippen molar-refractivity contribution in [3.8, 4) is 11.5 Å². The van der Waals surface area contributed by atoms with Gasteiger partial charge in [0.05, 0.1) is 5.75 Å². The number of rotatable bonds is 4. The Kier molecular flexibility index (Phi) is 4.74. The van der Waals surface area contributed by atoms with Crippen LogP contribution in [0.1, 0.15) is 23.6 Å². The molecule has 1 atom stereocenters. The number of hydrogen-bond acceptors (Lipinski definition) is 5. The molecule has 0 N–H and O–H groups in total. The molecule has 0 unspecified atom stereocenters. The van der Waals surface area contributed by atoms with Crippen molar-refractivity contribution in [2.75, 3.05) is 10.7 Å². The van der Waals surface area contributed by atoms with Crippen LogP contribution in [0.25, 0.3) is 11.5 Å². The summed E-state index contributed by atoms with van der Waals surface area (Å²) >= 11 is 1.28. The normalized spacial score (nSPS) is 15.8. The van der Waals surface area contributed by atoms with Crippen LogP contribution in [0.4, 0.5) is 5.69 Å². The molecule has 0 saturated carbocycles. The molecular weight excluding hydrogens is 358 g/mol. The van der Waals surface area contributed by atoms with E-state index < -0.39 is 0 Å². The molecule has 0 radical (unpaired) electrons. The first-order valence-electron chi connectivity index (χ1n) is 8.96. The Morgan fingerprint density at radius 2 is 1.93 bits per heavy atom. The molecule has 27 heavy (non-hydrogen) atoms. The Morgan fingerprint density at radius 1 is 1.19 bits per heavy atom. The van der Waals surface area contributed by atoms with Crippen LogP contribution >= 0.6 is 11.8 Å². The molecule has 1 aromatic heterocycles. The van der Waals surface area contributed by atoms with E-state index in [0.29, 0.717) is 11.1 Å². The van der Waals surface area contributed by atoms with E-state index in [4.69, 9.17) is 4.42 Å². The van der Waals surface area contributed by atoms with E-state index >= 15 is 0 Å². The second-order valence-electron chi connectivity index (χ2n) is 6.98. The third kappa shape index (κ3) is 3.62. The van der Waals surface area contributed by atoms with Crippen molar-refractivity contribution in [2.45, 2.75) is 38.5 Å². The van der Waals surface area contributed by atoms with Crippen LogP contribution in [0.2, 0.25) is 0 Å². The number of aryl methyl sites for hydroxylation is 2. The van der Waals surface area contributed by atoms with E-state index in [1.54, 1.807) is 0 Å². The highest BCUT2D eigenvalue weighted by atomic mass is 32.2. The fourth-order valence-electron chi connectivity index (χ4n) is 3.62. The molecule has 138 valence electrons. The minimum Gasteiger partial charge on any atom is -0.411 e. The van der Waals surface area contributed by atoms with E-state index in [-0.39, 0.29) is 17.7 Å². The third-order valence-electron chi connectivity index (χ3n) is 4.67. The lowest BCUT2D eigenvalue weighted by atomic mass is 10.1. The van der Waals surface area contributed by atoms with Gasteiger partial charge in [-0.2, -0.15) is 0 Å². The molecule has 1 aliphatic heterocycles. The highest BCUT2D eigenvalue weighted by Crippen LogP contribution is 2.33. The van der Waals surface area contributed by atoms with Gasteiger partial charge in [-0.25, -0.2) is 0 Å². The average Bonchev–Trinajstić information content (AvgIpc) is 3.22. The number of thioether (sulfide) groups is 1. The minimum absolute atomic E-state index is 0.0589. The van der Waals surface area contributed by atoms with Crippen LogP contribution in [0.5, 0.6) is 0 Å². The molecule has 2 aromatic carbocycles. The standard InChI is InChI=1S/C21H21N3O2S/c1-13-8-14(2)10-17(9-13)20-22-23-21(26-20)27-12-19(25)24-15(3)11-16-6-4-5-7-18(16)24/h4-10,15H,11-12H2,1-3H3/t15-/m1/s1. The van der Waals surface area contributed by atoms with Crippen molar-refractivity contribution in [3.63, 3.8) is 0 Å². The highest BCUT2D eigenvalue weighted by Gasteiger charge is 2.30. The number of carbonyl (C=O) groups excluding carboxylic acids is 1. The van der Waals surface area contributed by atoms with Crippen molar-refractivity contribution in [3.05, 3.63) is 59.2 Å². The largest absolute Gasteiger partial charge is 0.411 e. The lowest BCUT2D eigenvalue weighted by molar-refractivity contribution is -0.116. The maximum atomic E-state index is 12.8. The van der Waals surface area contributed by atoms with Crippen LogP contribution in [-0.2, 0) is 11.2 Å². The van der Waals surface area contributed by atoms with E-state index in [1.165, 1.54) is 17.3 Å². The van der Waals surface area contributed by atoms with Gasteiger partial charge in [0.2, 0.25) is 11.8 Å². The summed E-state index contributed by atoms with van der Waals surface area (Å²) in [6.07, 6.45) is 0.893. The summed E-state index contributed by atoms with van der Waals surface area (Å²) in [6, 6.07) is 14.4. The predicted molar refractivity (Wildman–Crippen MR) is 107 cm³/mol. The summed E-state index contributed by atoms with van der Waals surface area (Å²) < 4.78 is 5.76. The molecular formula is C21H21N3O2S. The fourth-order valence-corrected chi connectivity index (χ4v) is 4.24. The van der Waals surface area contributed by atoms with Gasteiger partial charge in [0.25, 0.3) is 5.22 Å². The first-order valence-corrected chi connectivity index (χ1v) is 9.95. The Balaban J connectivity index is 1.45. The Hall–Kier alpha value is -2.60. The molecule has 1 aliphatic rings. The molecule has 2 heterocycles. The van der Waals surface area contributed by atoms with Crippen LogP contribution < -0.4 is 4.90 Å². The van der Waals surface area contributed by atoms with Crippen LogP contribution in [0.3, 0.4) is 0 Å². The van der Waals surface area contributed by atoms with E-state index in [0.717, 1.165) is 28.8 Å². The Bertz CT molecular complexity index is 978. The lowest BCUT2D eigenvalue weighted by Gasteiger charge is -2.22. The smallest absolute Gasteiger partial charge is 0.277 e. The molecule has 5 nitrogen and oxygen atoms in total. The zero-order chi connectivity index (χ0) is 19.0. The summed E-state index contributed by atoms with van der Waals surface area (Å²) in [6.45, 7) is 6.15. The first-order chi connectivity index (χ1) is 13.0. The molecule has 0 saturated heterocycles. The zero-order valence-electron chi connectivity index (χ0n) is 15.6. The lowest BCUT2D eigenvalue weighted by Crippen LogP contribution is -2.36. The molecule has 0 fully saturated rings. The van der Waals surface area contributed by atoms with Gasteiger partial charge in [0, 0.05) is 17.3 Å². The number of anilines is 1. The van der Waals surface area contributed by atoms with Crippen molar-refractivity contribution < 1.29 is 9.21 Å². The molecule has 0 bridgehead atoms. The number of hydrogen-bond donors (Lipinski definition) is 0. The molecule has 6 heteroatoms. The van der Waals surface area contributed by atoms with E-state index in [2.05, 4.69) is 29.3 Å². The van der Waals surface area contributed by atoms with Gasteiger partial charge in [-0.15, -0.1) is 10.2 Å². The quantitative estimate of drug-likeness (QED) is 0.628. The van der Waals surface area contributed by atoms with Gasteiger partial charge >= 0.3 is 0 Å². The predicted octanol–water partition coefficient (Wildman–Crippen LogP) is 4.42. The summed E-state index contributed by atoms with van der Waals surface area (Å²) in [5, 5.41) is 8.64.